The third-order valence-corrected chi connectivity index (χ3v) is 5.73. The lowest BCUT2D eigenvalue weighted by Crippen LogP contribution is -2.14. The molecule has 0 saturated heterocycles. The van der Waals surface area contributed by atoms with E-state index in [1.165, 1.54) is 6.20 Å². The minimum Gasteiger partial charge on any atom is -0.360 e. The summed E-state index contributed by atoms with van der Waals surface area (Å²) in [5, 5.41) is 7.43. The first-order chi connectivity index (χ1) is 12.3. The molecule has 0 amide bonds. The quantitative estimate of drug-likeness (QED) is 0.675. The maximum absolute atomic E-state index is 12.5. The van der Waals surface area contributed by atoms with Crippen molar-refractivity contribution in [3.63, 3.8) is 0 Å². The summed E-state index contributed by atoms with van der Waals surface area (Å²) in [4.78, 5) is 4.25. The van der Waals surface area contributed by atoms with Crippen LogP contribution in [0.1, 0.15) is 17.0 Å². The van der Waals surface area contributed by atoms with E-state index in [4.69, 9.17) is 16.1 Å². The smallest absolute Gasteiger partial charge is 0.267 e. The van der Waals surface area contributed by atoms with Crippen molar-refractivity contribution in [2.75, 3.05) is 10.0 Å². The van der Waals surface area contributed by atoms with E-state index in [-0.39, 0.29) is 10.7 Å². The second-order valence-corrected chi connectivity index (χ2v) is 7.81. The molecule has 0 saturated carbocycles. The second kappa shape index (κ2) is 6.97. The van der Waals surface area contributed by atoms with Gasteiger partial charge in [0.05, 0.1) is 11.9 Å². The predicted octanol–water partition coefficient (Wildman–Crippen LogP) is 4.19. The standard InChI is InChI=1S/C17H17ClN4O3S/c1-10-4-5-13(8-15(10)18)20-16-7-6-14(9-19-16)22-26(23,24)17-11(2)21-25-12(17)3/h4-9,22H,1-3H3,(H,19,20). The summed E-state index contributed by atoms with van der Waals surface area (Å²) in [6.07, 6.45) is 1.42. The normalized spacial score (nSPS) is 11.4. The molecule has 3 aromatic rings. The fraction of sp³-hybridized carbons (Fsp3) is 0.176. The highest BCUT2D eigenvalue weighted by molar-refractivity contribution is 7.92. The number of benzene rings is 1. The molecular weight excluding hydrogens is 376 g/mol. The van der Waals surface area contributed by atoms with Gasteiger partial charge in [-0.1, -0.05) is 22.8 Å². The van der Waals surface area contributed by atoms with Gasteiger partial charge in [0, 0.05) is 10.7 Å². The minimum atomic E-state index is -3.80. The molecule has 0 aliphatic heterocycles. The van der Waals surface area contributed by atoms with Crippen LogP contribution < -0.4 is 10.0 Å². The van der Waals surface area contributed by atoms with Crippen LogP contribution in [0.15, 0.2) is 45.9 Å². The summed E-state index contributed by atoms with van der Waals surface area (Å²) >= 11 is 6.10. The molecular formula is C17H17ClN4O3S. The number of hydrogen-bond acceptors (Lipinski definition) is 6. The van der Waals surface area contributed by atoms with Crippen molar-refractivity contribution in [3.8, 4) is 0 Å². The van der Waals surface area contributed by atoms with E-state index in [2.05, 4.69) is 20.2 Å². The van der Waals surface area contributed by atoms with E-state index in [1.54, 1.807) is 32.0 Å². The fourth-order valence-corrected chi connectivity index (χ4v) is 3.97. The van der Waals surface area contributed by atoms with Gasteiger partial charge in [-0.05, 0) is 50.6 Å². The highest BCUT2D eigenvalue weighted by atomic mass is 35.5. The van der Waals surface area contributed by atoms with E-state index < -0.39 is 10.0 Å². The van der Waals surface area contributed by atoms with Gasteiger partial charge in [-0.3, -0.25) is 4.72 Å². The number of nitrogens with zero attached hydrogens (tertiary/aromatic N) is 2. The predicted molar refractivity (Wildman–Crippen MR) is 100 cm³/mol. The van der Waals surface area contributed by atoms with Gasteiger partial charge in [0.1, 0.15) is 11.5 Å². The van der Waals surface area contributed by atoms with Gasteiger partial charge in [-0.2, -0.15) is 0 Å². The number of pyridine rings is 1. The summed E-state index contributed by atoms with van der Waals surface area (Å²) < 4.78 is 32.3. The van der Waals surface area contributed by atoms with E-state index in [9.17, 15) is 8.42 Å². The van der Waals surface area contributed by atoms with Crippen molar-refractivity contribution in [1.29, 1.82) is 0 Å². The molecule has 0 fully saturated rings. The molecule has 0 atom stereocenters. The average molecular weight is 393 g/mol. The van der Waals surface area contributed by atoms with Crippen LogP contribution in [-0.2, 0) is 10.0 Å². The van der Waals surface area contributed by atoms with Crippen molar-refractivity contribution in [1.82, 2.24) is 10.1 Å². The SMILES string of the molecule is Cc1ccc(Nc2ccc(NS(=O)(=O)c3c(C)noc3C)cn2)cc1Cl. The zero-order chi connectivity index (χ0) is 18.9. The van der Waals surface area contributed by atoms with Crippen LogP contribution in [-0.4, -0.2) is 18.6 Å². The Morgan fingerprint density at radius 2 is 1.81 bits per heavy atom. The van der Waals surface area contributed by atoms with E-state index in [1.807, 2.05) is 19.1 Å². The largest absolute Gasteiger partial charge is 0.360 e. The molecule has 2 aromatic heterocycles. The zero-order valence-corrected chi connectivity index (χ0v) is 15.9. The summed E-state index contributed by atoms with van der Waals surface area (Å²) in [6, 6.07) is 8.86. The minimum absolute atomic E-state index is 0.0361. The number of hydrogen-bond donors (Lipinski definition) is 2. The number of anilines is 3. The molecule has 0 radical (unpaired) electrons. The van der Waals surface area contributed by atoms with Crippen LogP contribution >= 0.6 is 11.6 Å². The first-order valence-corrected chi connectivity index (χ1v) is 9.57. The number of nitrogens with one attached hydrogen (secondary N) is 2. The lowest BCUT2D eigenvalue weighted by atomic mass is 10.2. The summed E-state index contributed by atoms with van der Waals surface area (Å²) in [5.74, 6) is 0.794. The Morgan fingerprint density at radius 3 is 2.38 bits per heavy atom. The first kappa shape index (κ1) is 18.2. The second-order valence-electron chi connectivity index (χ2n) is 5.78. The maximum atomic E-state index is 12.5. The van der Waals surface area contributed by atoms with Gasteiger partial charge in [0.2, 0.25) is 0 Å². The molecule has 3 rings (SSSR count). The molecule has 0 bridgehead atoms. The number of rotatable bonds is 5. The summed E-state index contributed by atoms with van der Waals surface area (Å²) in [5.41, 5.74) is 2.40. The maximum Gasteiger partial charge on any atom is 0.267 e. The van der Waals surface area contributed by atoms with Gasteiger partial charge in [-0.25, -0.2) is 13.4 Å². The number of halogens is 1. The summed E-state index contributed by atoms with van der Waals surface area (Å²) in [7, 11) is -3.80. The molecule has 0 unspecified atom stereocenters. The molecule has 7 nitrogen and oxygen atoms in total. The van der Waals surface area contributed by atoms with Gasteiger partial charge in [0.25, 0.3) is 10.0 Å². The lowest BCUT2D eigenvalue weighted by molar-refractivity contribution is 0.390. The Hall–Kier alpha value is -2.58. The molecule has 1 aromatic carbocycles. The Morgan fingerprint density at radius 1 is 1.08 bits per heavy atom. The summed E-state index contributed by atoms with van der Waals surface area (Å²) in [6.45, 7) is 5.04. The molecule has 2 heterocycles. The molecule has 26 heavy (non-hydrogen) atoms. The van der Waals surface area contributed by atoms with Crippen LogP contribution in [0.5, 0.6) is 0 Å². The van der Waals surface area contributed by atoms with Crippen molar-refractivity contribution < 1.29 is 12.9 Å². The lowest BCUT2D eigenvalue weighted by Gasteiger charge is -2.10. The highest BCUT2D eigenvalue weighted by Crippen LogP contribution is 2.24. The number of aryl methyl sites for hydroxylation is 3. The first-order valence-electron chi connectivity index (χ1n) is 7.71. The molecule has 9 heteroatoms. The van der Waals surface area contributed by atoms with Crippen LogP contribution in [0.4, 0.5) is 17.2 Å². The Labute approximate surface area is 156 Å². The van der Waals surface area contributed by atoms with Crippen molar-refractivity contribution in [3.05, 3.63) is 58.6 Å². The highest BCUT2D eigenvalue weighted by Gasteiger charge is 2.24. The molecule has 2 N–H and O–H groups in total. The van der Waals surface area contributed by atoms with Crippen LogP contribution in [0, 0.1) is 20.8 Å². The van der Waals surface area contributed by atoms with Crippen molar-refractivity contribution in [2.24, 2.45) is 0 Å². The van der Waals surface area contributed by atoms with Gasteiger partial charge in [-0.15, -0.1) is 0 Å². The Balaban J connectivity index is 1.76. The number of sulfonamides is 1. The van der Waals surface area contributed by atoms with Crippen molar-refractivity contribution in [2.45, 2.75) is 25.7 Å². The zero-order valence-electron chi connectivity index (χ0n) is 14.4. The molecule has 0 aliphatic carbocycles. The third-order valence-electron chi connectivity index (χ3n) is 3.70. The van der Waals surface area contributed by atoms with Gasteiger partial charge >= 0.3 is 0 Å². The van der Waals surface area contributed by atoms with Crippen LogP contribution in [0.3, 0.4) is 0 Å². The molecule has 136 valence electrons. The Kier molecular flexibility index (Phi) is 4.88. The third kappa shape index (κ3) is 3.81. The average Bonchev–Trinajstić information content (AvgIpc) is 2.92. The topological polar surface area (TPSA) is 97.1 Å². The van der Waals surface area contributed by atoms with Crippen LogP contribution in [0.25, 0.3) is 0 Å². The monoisotopic (exact) mass is 392 g/mol. The van der Waals surface area contributed by atoms with Gasteiger partial charge in [0.15, 0.2) is 10.7 Å². The van der Waals surface area contributed by atoms with Gasteiger partial charge < -0.3 is 9.84 Å². The van der Waals surface area contributed by atoms with E-state index in [0.717, 1.165) is 11.3 Å². The van der Waals surface area contributed by atoms with E-state index >= 15 is 0 Å². The molecule has 0 aliphatic rings. The Bertz CT molecular complexity index is 1030. The van der Waals surface area contributed by atoms with Crippen LogP contribution in [0.2, 0.25) is 5.02 Å². The molecule has 0 spiro atoms. The van der Waals surface area contributed by atoms with E-state index in [0.29, 0.717) is 22.2 Å². The fourth-order valence-electron chi connectivity index (χ4n) is 2.41. The number of aromatic nitrogens is 2. The van der Waals surface area contributed by atoms with Crippen molar-refractivity contribution >= 4 is 38.8 Å².